The van der Waals surface area contributed by atoms with Gasteiger partial charge in [0.2, 0.25) is 5.91 Å². The van der Waals surface area contributed by atoms with Gasteiger partial charge in [0.1, 0.15) is 18.3 Å². The van der Waals surface area contributed by atoms with E-state index < -0.39 is 38.4 Å². The van der Waals surface area contributed by atoms with Gasteiger partial charge in [-0.3, -0.25) is 9.59 Å². The number of aliphatic hydroxyl groups excluding tert-OH is 3. The SMILES string of the molecule is C=CCOC(=O)N1c2cc(OCCCC(=O)NCCCOCC(O)COC(c3ccccc3)(c3ccc(CO)cc3)c3ccc(CO)cc3)c(OC)cc2C(=O)N2C=C(C)C[C@H]2[C@@H]1O[Si](C)(C)C(C)(C)C. The number of carbonyl (C=O) groups is 3. The summed E-state index contributed by atoms with van der Waals surface area (Å²) in [6.45, 7) is 16.6. The van der Waals surface area contributed by atoms with Crippen molar-refractivity contribution in [2.24, 2.45) is 0 Å². The second kappa shape index (κ2) is 24.5. The lowest BCUT2D eigenvalue weighted by molar-refractivity contribution is -0.121. The maximum absolute atomic E-state index is 14.3. The minimum atomic E-state index is -2.55. The van der Waals surface area contributed by atoms with Crippen LogP contribution in [0.15, 0.2) is 115 Å². The predicted molar refractivity (Wildman–Crippen MR) is 274 cm³/mol. The first-order valence-corrected chi connectivity index (χ1v) is 27.1. The average molecular weight is 994 g/mol. The highest BCUT2D eigenvalue weighted by molar-refractivity contribution is 6.74. The molecule has 0 saturated carbocycles. The molecule has 1 unspecified atom stereocenters. The Hall–Kier alpha value is -5.85. The van der Waals surface area contributed by atoms with Gasteiger partial charge < -0.3 is 53.6 Å². The second-order valence-corrected chi connectivity index (χ2v) is 24.2. The molecule has 71 heavy (non-hydrogen) atoms. The molecule has 3 atom stereocenters. The van der Waals surface area contributed by atoms with Crippen LogP contribution in [0.4, 0.5) is 10.5 Å². The number of rotatable bonds is 24. The van der Waals surface area contributed by atoms with E-state index >= 15 is 0 Å². The van der Waals surface area contributed by atoms with Crippen molar-refractivity contribution in [3.8, 4) is 11.5 Å². The zero-order chi connectivity index (χ0) is 51.3. The number of fused-ring (bicyclic) bond motifs is 2. The molecule has 15 nitrogen and oxygen atoms in total. The van der Waals surface area contributed by atoms with Gasteiger partial charge in [-0.1, -0.05) is 118 Å². The molecule has 0 aliphatic carbocycles. The maximum atomic E-state index is 14.3. The van der Waals surface area contributed by atoms with Gasteiger partial charge in [-0.05, 0) is 78.2 Å². The molecule has 4 N–H and O–H groups in total. The van der Waals surface area contributed by atoms with Crippen LogP contribution in [-0.2, 0) is 42.2 Å². The number of amides is 3. The highest BCUT2D eigenvalue weighted by Gasteiger charge is 2.50. The summed E-state index contributed by atoms with van der Waals surface area (Å²) in [6.07, 6.45) is 2.28. The van der Waals surface area contributed by atoms with E-state index in [9.17, 15) is 29.7 Å². The Labute approximate surface area is 419 Å². The molecule has 3 amide bonds. The molecule has 0 bridgehead atoms. The molecule has 0 radical (unpaired) electrons. The molecular formula is C55H71N3O12Si. The number of aliphatic hydroxyl groups is 3. The Balaban J connectivity index is 1.03. The van der Waals surface area contributed by atoms with Gasteiger partial charge in [0.05, 0.1) is 57.4 Å². The first-order valence-electron chi connectivity index (χ1n) is 24.2. The van der Waals surface area contributed by atoms with Crippen LogP contribution in [0.5, 0.6) is 11.5 Å². The van der Waals surface area contributed by atoms with Gasteiger partial charge in [0.25, 0.3) is 5.91 Å². The summed E-state index contributed by atoms with van der Waals surface area (Å²) in [5.74, 6) is 0.0797. The number of anilines is 1. The number of hydrogen-bond acceptors (Lipinski definition) is 12. The smallest absolute Gasteiger partial charge is 0.416 e. The Morgan fingerprint density at radius 3 is 2.11 bits per heavy atom. The van der Waals surface area contributed by atoms with Gasteiger partial charge >= 0.3 is 6.09 Å². The third-order valence-corrected chi connectivity index (χ3v) is 17.7. The standard InChI is InChI=1S/C55H71N3O12Si/c1-9-27-68-53(64)58-46-32-49(48(65-6)31-45(46)51(63)57-33-38(2)30-47(57)52(58)70-71(7,8)54(3,4)5)67-29-13-17-50(62)56-26-14-28-66-36-44(61)37-69-55(41-15-11-10-12-16-41,42-22-18-39(34-59)19-23-42)43-24-20-40(35-60)21-25-43/h9-12,15-16,18-25,31-33,44,47,52,59-61H,1,13-14,17,26-30,34-37H2,2-8H3,(H,56,62)/t44?,47-,52-/m0/s1. The molecule has 0 aromatic heterocycles. The number of benzene rings is 4. The maximum Gasteiger partial charge on any atom is 0.416 e. The lowest BCUT2D eigenvalue weighted by Crippen LogP contribution is -2.57. The van der Waals surface area contributed by atoms with Gasteiger partial charge in [0, 0.05) is 31.8 Å². The lowest BCUT2D eigenvalue weighted by atomic mass is 9.79. The van der Waals surface area contributed by atoms with Crippen molar-refractivity contribution in [3.63, 3.8) is 0 Å². The Bertz CT molecular complexity index is 2410. The molecule has 0 saturated heterocycles. The van der Waals surface area contributed by atoms with E-state index in [-0.39, 0.29) is 92.3 Å². The van der Waals surface area contributed by atoms with Gasteiger partial charge in [-0.15, -0.1) is 0 Å². The molecule has 4 aromatic carbocycles. The summed E-state index contributed by atoms with van der Waals surface area (Å²) in [4.78, 5) is 44.4. The number of nitrogens with zero attached hydrogens (tertiary/aromatic N) is 2. The van der Waals surface area contributed by atoms with Crippen molar-refractivity contribution >= 4 is 31.9 Å². The highest BCUT2D eigenvalue weighted by Crippen LogP contribution is 2.46. The third kappa shape index (κ3) is 13.0. The van der Waals surface area contributed by atoms with E-state index in [0.29, 0.717) is 25.8 Å². The number of nitrogens with one attached hydrogen (secondary N) is 1. The second-order valence-electron chi connectivity index (χ2n) is 19.4. The minimum absolute atomic E-state index is 0.00297. The van der Waals surface area contributed by atoms with Gasteiger partial charge in [-0.2, -0.15) is 0 Å². The van der Waals surface area contributed by atoms with E-state index in [2.05, 4.69) is 45.8 Å². The molecule has 0 spiro atoms. The highest BCUT2D eigenvalue weighted by atomic mass is 28.4. The summed E-state index contributed by atoms with van der Waals surface area (Å²) in [5, 5.41) is 33.3. The molecule has 0 fully saturated rings. The van der Waals surface area contributed by atoms with Crippen LogP contribution in [0.25, 0.3) is 0 Å². The Morgan fingerprint density at radius 2 is 1.52 bits per heavy atom. The number of ether oxygens (including phenoxy) is 5. The van der Waals surface area contributed by atoms with E-state index in [1.54, 1.807) is 17.0 Å². The zero-order valence-corrected chi connectivity index (χ0v) is 43.1. The molecule has 2 aliphatic rings. The monoisotopic (exact) mass is 993 g/mol. The molecule has 16 heteroatoms. The van der Waals surface area contributed by atoms with Crippen molar-refractivity contribution in [1.29, 1.82) is 0 Å². The van der Waals surface area contributed by atoms with E-state index in [1.807, 2.05) is 92.0 Å². The fraction of sp³-hybridized carbons (Fsp3) is 0.436. The van der Waals surface area contributed by atoms with Crippen LogP contribution >= 0.6 is 0 Å². The van der Waals surface area contributed by atoms with E-state index in [0.717, 1.165) is 33.4 Å². The number of methoxy groups -OCH3 is 1. The van der Waals surface area contributed by atoms with Crippen molar-refractivity contribution in [2.45, 2.75) is 109 Å². The summed E-state index contributed by atoms with van der Waals surface area (Å²) >= 11 is 0. The first kappa shape index (κ1) is 54.5. The quantitative estimate of drug-likeness (QED) is 0.0228. The molecular weight excluding hydrogens is 923 g/mol. The molecule has 382 valence electrons. The van der Waals surface area contributed by atoms with Crippen LogP contribution in [-0.4, -0.2) is 112 Å². The normalized spacial score (nSPS) is 16.4. The Kier molecular flexibility index (Phi) is 18.8. The Morgan fingerprint density at radius 1 is 0.887 bits per heavy atom. The van der Waals surface area contributed by atoms with Gasteiger partial charge in [-0.25, -0.2) is 9.69 Å². The predicted octanol–water partition coefficient (Wildman–Crippen LogP) is 8.34. The molecule has 2 aliphatic heterocycles. The van der Waals surface area contributed by atoms with E-state index in [1.165, 1.54) is 18.1 Å². The van der Waals surface area contributed by atoms with Crippen molar-refractivity contribution in [1.82, 2.24) is 10.2 Å². The van der Waals surface area contributed by atoms with Crippen molar-refractivity contribution in [3.05, 3.63) is 149 Å². The fourth-order valence-corrected chi connectivity index (χ4v) is 9.64. The van der Waals surface area contributed by atoms with Crippen LogP contribution in [0, 0.1) is 0 Å². The summed E-state index contributed by atoms with van der Waals surface area (Å²) < 4.78 is 37.1. The van der Waals surface area contributed by atoms with E-state index in [4.69, 9.17) is 28.1 Å². The van der Waals surface area contributed by atoms with Gasteiger partial charge in [0.15, 0.2) is 26.0 Å². The number of hydrogen-bond donors (Lipinski definition) is 4. The molecule has 4 aromatic rings. The van der Waals surface area contributed by atoms with Crippen LogP contribution in [0.3, 0.4) is 0 Å². The van der Waals surface area contributed by atoms with Crippen LogP contribution in [0.2, 0.25) is 18.1 Å². The fourth-order valence-electron chi connectivity index (χ4n) is 8.42. The molecule has 2 heterocycles. The topological polar surface area (TPSA) is 186 Å². The van der Waals surface area contributed by atoms with Crippen LogP contribution < -0.4 is 19.7 Å². The third-order valence-electron chi connectivity index (χ3n) is 13.2. The van der Waals surface area contributed by atoms with Crippen LogP contribution in [0.1, 0.15) is 91.6 Å². The summed E-state index contributed by atoms with van der Waals surface area (Å²) in [5.41, 5.74) is 4.25. The zero-order valence-electron chi connectivity index (χ0n) is 42.1. The lowest BCUT2D eigenvalue weighted by Gasteiger charge is -2.44. The largest absolute Gasteiger partial charge is 0.493 e. The minimum Gasteiger partial charge on any atom is -0.493 e. The van der Waals surface area contributed by atoms with Crippen molar-refractivity contribution in [2.75, 3.05) is 51.6 Å². The average Bonchev–Trinajstić information content (AvgIpc) is 3.73. The first-order chi connectivity index (χ1) is 34.0. The summed E-state index contributed by atoms with van der Waals surface area (Å²) in [7, 11) is -1.07. The molecule has 6 rings (SSSR count). The number of carbonyl (C=O) groups excluding carboxylic acids is 3. The van der Waals surface area contributed by atoms with Crippen molar-refractivity contribution < 1.29 is 57.8 Å². The summed E-state index contributed by atoms with van der Waals surface area (Å²) in [6, 6.07) is 27.3.